The number of para-hydroxylation sites is 1. The summed E-state index contributed by atoms with van der Waals surface area (Å²) in [7, 11) is 0. The number of ether oxygens (including phenoxy) is 1. The first kappa shape index (κ1) is 15.6. The molecular formula is C14H18O4S. The van der Waals surface area contributed by atoms with Crippen LogP contribution in [0, 0.1) is 0 Å². The van der Waals surface area contributed by atoms with E-state index in [2.05, 4.69) is 12.6 Å². The minimum Gasteiger partial charge on any atom is -0.481 e. The van der Waals surface area contributed by atoms with Gasteiger partial charge in [0.2, 0.25) is 0 Å². The van der Waals surface area contributed by atoms with Gasteiger partial charge in [-0.1, -0.05) is 24.6 Å². The Morgan fingerprint density at radius 2 is 2.00 bits per heavy atom. The number of carboxylic acid groups (broad SMARTS) is 1. The lowest BCUT2D eigenvalue weighted by Gasteiger charge is -2.14. The van der Waals surface area contributed by atoms with E-state index in [4.69, 9.17) is 9.84 Å². The van der Waals surface area contributed by atoms with E-state index in [1.807, 2.05) is 12.1 Å². The summed E-state index contributed by atoms with van der Waals surface area (Å²) < 4.78 is 5.13. The van der Waals surface area contributed by atoms with Crippen molar-refractivity contribution >= 4 is 24.6 Å². The molecule has 1 unspecified atom stereocenters. The van der Waals surface area contributed by atoms with Crippen LogP contribution >= 0.6 is 12.6 Å². The van der Waals surface area contributed by atoms with Crippen molar-refractivity contribution < 1.29 is 19.4 Å². The molecule has 1 rings (SSSR count). The molecule has 104 valence electrons. The second kappa shape index (κ2) is 7.84. The summed E-state index contributed by atoms with van der Waals surface area (Å²) in [6.07, 6.45) is 2.32. The quantitative estimate of drug-likeness (QED) is 0.349. The van der Waals surface area contributed by atoms with Gasteiger partial charge in [0.1, 0.15) is 5.75 Å². The number of benzene rings is 1. The van der Waals surface area contributed by atoms with Crippen molar-refractivity contribution in [1.82, 2.24) is 0 Å². The summed E-state index contributed by atoms with van der Waals surface area (Å²) in [6, 6.07) is 7.26. The molecule has 19 heavy (non-hydrogen) atoms. The van der Waals surface area contributed by atoms with Gasteiger partial charge in [0.05, 0.1) is 0 Å². The number of carbonyl (C=O) groups is 2. The average molecular weight is 282 g/mol. The first-order chi connectivity index (χ1) is 9.00. The molecular weight excluding hydrogens is 264 g/mol. The Kier molecular flexibility index (Phi) is 6.42. The minimum atomic E-state index is -0.781. The van der Waals surface area contributed by atoms with Crippen LogP contribution in [-0.2, 0) is 9.59 Å². The fourth-order valence-electron chi connectivity index (χ4n) is 1.77. The smallest absolute Gasteiger partial charge is 0.308 e. The van der Waals surface area contributed by atoms with Crippen molar-refractivity contribution in [3.05, 3.63) is 29.8 Å². The molecule has 0 radical (unpaired) electrons. The van der Waals surface area contributed by atoms with Crippen molar-refractivity contribution in [2.75, 3.05) is 0 Å². The molecule has 1 atom stereocenters. The van der Waals surface area contributed by atoms with Gasteiger partial charge in [-0.2, -0.15) is 12.6 Å². The second-order valence-electron chi connectivity index (χ2n) is 4.29. The zero-order valence-corrected chi connectivity index (χ0v) is 11.7. The molecule has 5 heteroatoms. The molecule has 0 saturated heterocycles. The minimum absolute atomic E-state index is 0.0654. The lowest BCUT2D eigenvalue weighted by Crippen LogP contribution is -2.05. The number of carboxylic acids is 1. The largest absolute Gasteiger partial charge is 0.481 e. The summed E-state index contributed by atoms with van der Waals surface area (Å²) in [5, 5.41) is 8.50. The van der Waals surface area contributed by atoms with Gasteiger partial charge in [0, 0.05) is 24.2 Å². The standard InChI is InChI=1S/C14H18O4S/c1-10(15)18-12-7-3-2-6-11(12)13(19)8-4-5-9-14(16)17/h2-3,6-7,13,19H,4-5,8-9H2,1H3,(H,16,17). The Balaban J connectivity index is 2.58. The molecule has 0 amide bonds. The highest BCUT2D eigenvalue weighted by atomic mass is 32.1. The molecule has 1 aromatic rings. The number of unbranched alkanes of at least 4 members (excludes halogenated alkanes) is 1. The SMILES string of the molecule is CC(=O)Oc1ccccc1C(S)CCCCC(=O)O. The number of carbonyl (C=O) groups excluding carboxylic acids is 1. The first-order valence-electron chi connectivity index (χ1n) is 6.18. The van der Waals surface area contributed by atoms with Gasteiger partial charge in [-0.3, -0.25) is 9.59 Å². The molecule has 0 saturated carbocycles. The molecule has 4 nitrogen and oxygen atoms in total. The normalized spacial score (nSPS) is 11.9. The monoisotopic (exact) mass is 282 g/mol. The van der Waals surface area contributed by atoms with Crippen molar-refractivity contribution in [2.45, 2.75) is 37.9 Å². The Hall–Kier alpha value is -1.49. The Morgan fingerprint density at radius 1 is 1.32 bits per heavy atom. The van der Waals surface area contributed by atoms with Crippen LogP contribution in [0.25, 0.3) is 0 Å². The molecule has 0 bridgehead atoms. The second-order valence-corrected chi connectivity index (χ2v) is 4.91. The summed E-state index contributed by atoms with van der Waals surface area (Å²) >= 11 is 4.50. The van der Waals surface area contributed by atoms with Gasteiger partial charge in [-0.05, 0) is 18.9 Å². The maximum absolute atomic E-state index is 11.0. The van der Waals surface area contributed by atoms with Gasteiger partial charge in [-0.25, -0.2) is 0 Å². The van der Waals surface area contributed by atoms with Crippen LogP contribution in [-0.4, -0.2) is 17.0 Å². The number of hydrogen-bond donors (Lipinski definition) is 2. The number of aliphatic carboxylic acids is 1. The Bertz CT molecular complexity index is 445. The van der Waals surface area contributed by atoms with Crippen LogP contribution in [0.1, 0.15) is 43.4 Å². The average Bonchev–Trinajstić information content (AvgIpc) is 2.34. The third-order valence-electron chi connectivity index (χ3n) is 2.65. The van der Waals surface area contributed by atoms with Crippen molar-refractivity contribution in [3.8, 4) is 5.75 Å². The number of esters is 1. The van der Waals surface area contributed by atoms with E-state index in [0.29, 0.717) is 12.2 Å². The summed E-state index contributed by atoms with van der Waals surface area (Å²) in [5.74, 6) is -0.622. The molecule has 1 aromatic carbocycles. The molecule has 0 aliphatic heterocycles. The maximum atomic E-state index is 11.0. The van der Waals surface area contributed by atoms with Crippen molar-refractivity contribution in [2.24, 2.45) is 0 Å². The van der Waals surface area contributed by atoms with Gasteiger partial charge >= 0.3 is 11.9 Å². The van der Waals surface area contributed by atoms with E-state index < -0.39 is 5.97 Å². The van der Waals surface area contributed by atoms with Crippen LogP contribution in [0.4, 0.5) is 0 Å². The predicted molar refractivity (Wildman–Crippen MR) is 75.6 cm³/mol. The van der Waals surface area contributed by atoms with Gasteiger partial charge in [0.25, 0.3) is 0 Å². The molecule has 0 aliphatic rings. The lowest BCUT2D eigenvalue weighted by molar-refractivity contribution is -0.137. The molecule has 0 spiro atoms. The molecule has 1 N–H and O–H groups in total. The molecule has 0 heterocycles. The third kappa shape index (κ3) is 5.79. The predicted octanol–water partition coefficient (Wildman–Crippen LogP) is 3.23. The van der Waals surface area contributed by atoms with Crippen LogP contribution in [0.3, 0.4) is 0 Å². The van der Waals surface area contributed by atoms with Crippen LogP contribution in [0.5, 0.6) is 5.75 Å². The summed E-state index contributed by atoms with van der Waals surface area (Å²) in [5.41, 5.74) is 0.858. The Morgan fingerprint density at radius 3 is 2.63 bits per heavy atom. The van der Waals surface area contributed by atoms with E-state index >= 15 is 0 Å². The first-order valence-corrected chi connectivity index (χ1v) is 6.69. The van der Waals surface area contributed by atoms with E-state index in [1.165, 1.54) is 6.92 Å². The molecule has 0 aliphatic carbocycles. The molecule has 0 aromatic heterocycles. The highest BCUT2D eigenvalue weighted by Gasteiger charge is 2.13. The summed E-state index contributed by atoms with van der Waals surface area (Å²) in [6.45, 7) is 1.36. The highest BCUT2D eigenvalue weighted by molar-refractivity contribution is 7.80. The number of hydrogen-bond acceptors (Lipinski definition) is 4. The third-order valence-corrected chi connectivity index (χ3v) is 3.19. The van der Waals surface area contributed by atoms with Gasteiger partial charge < -0.3 is 9.84 Å². The van der Waals surface area contributed by atoms with Crippen LogP contribution in [0.15, 0.2) is 24.3 Å². The highest BCUT2D eigenvalue weighted by Crippen LogP contribution is 2.33. The van der Waals surface area contributed by atoms with E-state index in [0.717, 1.165) is 18.4 Å². The van der Waals surface area contributed by atoms with Gasteiger partial charge in [0.15, 0.2) is 0 Å². The number of thiol groups is 1. The van der Waals surface area contributed by atoms with E-state index in [-0.39, 0.29) is 17.6 Å². The lowest BCUT2D eigenvalue weighted by atomic mass is 10.0. The van der Waals surface area contributed by atoms with Crippen LogP contribution < -0.4 is 4.74 Å². The van der Waals surface area contributed by atoms with Gasteiger partial charge in [-0.15, -0.1) is 0 Å². The topological polar surface area (TPSA) is 63.6 Å². The zero-order valence-electron chi connectivity index (χ0n) is 10.8. The van der Waals surface area contributed by atoms with E-state index in [9.17, 15) is 9.59 Å². The zero-order chi connectivity index (χ0) is 14.3. The Labute approximate surface area is 118 Å². The van der Waals surface area contributed by atoms with Crippen molar-refractivity contribution in [3.63, 3.8) is 0 Å². The van der Waals surface area contributed by atoms with E-state index in [1.54, 1.807) is 12.1 Å². The summed E-state index contributed by atoms with van der Waals surface area (Å²) in [4.78, 5) is 21.4. The number of rotatable bonds is 7. The van der Waals surface area contributed by atoms with Crippen molar-refractivity contribution in [1.29, 1.82) is 0 Å². The van der Waals surface area contributed by atoms with Crippen LogP contribution in [0.2, 0.25) is 0 Å². The fourth-order valence-corrected chi connectivity index (χ4v) is 2.17. The maximum Gasteiger partial charge on any atom is 0.308 e. The fraction of sp³-hybridized carbons (Fsp3) is 0.429. The molecule has 0 fully saturated rings.